The monoisotopic (exact) mass is 338 g/mol. The summed E-state index contributed by atoms with van der Waals surface area (Å²) in [5.41, 5.74) is 0.383. The van der Waals surface area contributed by atoms with Gasteiger partial charge in [-0.05, 0) is 37.1 Å². The predicted octanol–water partition coefficient (Wildman–Crippen LogP) is 1.49. The molecule has 23 heavy (non-hydrogen) atoms. The standard InChI is InChI=1S/C15H18N2O5S/c18-14-9-10-15(19)17(14)11-5-7-13(8-6-11)23(20,21)16-22-12-3-1-2-4-12/h5-8,12,16H,1-4,9-10H2. The number of sulfonamides is 1. The molecule has 2 aliphatic rings. The Labute approximate surface area is 134 Å². The molecule has 7 nitrogen and oxygen atoms in total. The van der Waals surface area contributed by atoms with Crippen molar-refractivity contribution in [3.8, 4) is 0 Å². The van der Waals surface area contributed by atoms with Crippen LogP contribution in [-0.4, -0.2) is 26.3 Å². The highest BCUT2D eigenvalue weighted by atomic mass is 32.2. The van der Waals surface area contributed by atoms with E-state index in [2.05, 4.69) is 4.89 Å². The van der Waals surface area contributed by atoms with Gasteiger partial charge in [0.25, 0.3) is 10.0 Å². The molecule has 2 amide bonds. The third-order valence-corrected chi connectivity index (χ3v) is 5.29. The fraction of sp³-hybridized carbons (Fsp3) is 0.467. The van der Waals surface area contributed by atoms with Gasteiger partial charge in [0.05, 0.1) is 16.7 Å². The Hall–Kier alpha value is -1.77. The average Bonchev–Trinajstić information content (AvgIpc) is 3.16. The predicted molar refractivity (Wildman–Crippen MR) is 81.8 cm³/mol. The summed E-state index contributed by atoms with van der Waals surface area (Å²) >= 11 is 0. The van der Waals surface area contributed by atoms with Crippen LogP contribution in [0.4, 0.5) is 5.69 Å². The smallest absolute Gasteiger partial charge is 0.262 e. The first kappa shape index (κ1) is 16.1. The zero-order valence-electron chi connectivity index (χ0n) is 12.5. The van der Waals surface area contributed by atoms with Crippen molar-refractivity contribution in [1.29, 1.82) is 0 Å². The van der Waals surface area contributed by atoms with Gasteiger partial charge in [0, 0.05) is 12.8 Å². The normalized spacial score (nSPS) is 19.7. The van der Waals surface area contributed by atoms with Gasteiger partial charge in [-0.2, -0.15) is 0 Å². The van der Waals surface area contributed by atoms with Crippen molar-refractivity contribution < 1.29 is 22.8 Å². The van der Waals surface area contributed by atoms with Crippen molar-refractivity contribution in [2.75, 3.05) is 4.90 Å². The first-order chi connectivity index (χ1) is 11.0. The van der Waals surface area contributed by atoms with E-state index < -0.39 is 10.0 Å². The number of hydrogen-bond donors (Lipinski definition) is 1. The van der Waals surface area contributed by atoms with Crippen LogP contribution in [0.1, 0.15) is 38.5 Å². The van der Waals surface area contributed by atoms with Crippen molar-refractivity contribution in [1.82, 2.24) is 4.89 Å². The molecule has 1 N–H and O–H groups in total. The maximum Gasteiger partial charge on any atom is 0.262 e. The number of anilines is 1. The fourth-order valence-electron chi connectivity index (χ4n) is 2.82. The topological polar surface area (TPSA) is 92.8 Å². The second-order valence-corrected chi connectivity index (χ2v) is 7.37. The SMILES string of the molecule is O=C1CCC(=O)N1c1ccc(S(=O)(=O)NOC2CCCC2)cc1. The first-order valence-corrected chi connectivity index (χ1v) is 9.09. The minimum Gasteiger partial charge on any atom is -0.284 e. The van der Waals surface area contributed by atoms with E-state index >= 15 is 0 Å². The molecule has 1 aliphatic carbocycles. The largest absolute Gasteiger partial charge is 0.284 e. The molecule has 124 valence electrons. The Balaban J connectivity index is 1.70. The van der Waals surface area contributed by atoms with E-state index in [1.54, 1.807) is 0 Å². The second-order valence-electron chi connectivity index (χ2n) is 5.73. The Morgan fingerprint density at radius 3 is 2.13 bits per heavy atom. The molecule has 1 aromatic rings. The molecule has 0 bridgehead atoms. The average molecular weight is 338 g/mol. The number of amides is 2. The maximum atomic E-state index is 12.2. The maximum absolute atomic E-state index is 12.2. The fourth-order valence-corrected chi connectivity index (χ4v) is 3.68. The Bertz CT molecular complexity index is 692. The van der Waals surface area contributed by atoms with Crippen molar-refractivity contribution in [2.24, 2.45) is 0 Å². The van der Waals surface area contributed by atoms with E-state index in [0.717, 1.165) is 30.6 Å². The van der Waals surface area contributed by atoms with Crippen molar-refractivity contribution in [2.45, 2.75) is 49.5 Å². The van der Waals surface area contributed by atoms with Crippen LogP contribution in [0.2, 0.25) is 0 Å². The Kier molecular flexibility index (Phi) is 4.47. The lowest BCUT2D eigenvalue weighted by Gasteiger charge is -2.15. The number of nitrogens with zero attached hydrogens (tertiary/aromatic N) is 1. The van der Waals surface area contributed by atoms with Gasteiger partial charge in [0.2, 0.25) is 11.8 Å². The molecule has 3 rings (SSSR count). The van der Waals surface area contributed by atoms with Gasteiger partial charge in [-0.1, -0.05) is 17.7 Å². The van der Waals surface area contributed by atoms with Crippen LogP contribution in [0.5, 0.6) is 0 Å². The van der Waals surface area contributed by atoms with Gasteiger partial charge in [-0.3, -0.25) is 19.3 Å². The lowest BCUT2D eigenvalue weighted by molar-refractivity contribution is -0.121. The van der Waals surface area contributed by atoms with Crippen LogP contribution in [0.25, 0.3) is 0 Å². The summed E-state index contributed by atoms with van der Waals surface area (Å²) in [6.07, 6.45) is 4.08. The van der Waals surface area contributed by atoms with Gasteiger partial charge in [-0.25, -0.2) is 8.42 Å². The van der Waals surface area contributed by atoms with Gasteiger partial charge in [0.15, 0.2) is 0 Å². The van der Waals surface area contributed by atoms with Gasteiger partial charge >= 0.3 is 0 Å². The number of carbonyl (C=O) groups is 2. The number of nitrogens with one attached hydrogen (secondary N) is 1. The highest BCUT2D eigenvalue weighted by Crippen LogP contribution is 2.24. The molecule has 8 heteroatoms. The summed E-state index contributed by atoms with van der Waals surface area (Å²) < 4.78 is 24.3. The van der Waals surface area contributed by atoms with Crippen LogP contribution in [-0.2, 0) is 24.4 Å². The number of hydrogen-bond acceptors (Lipinski definition) is 5. The lowest BCUT2D eigenvalue weighted by Crippen LogP contribution is -2.29. The summed E-state index contributed by atoms with van der Waals surface area (Å²) in [6, 6.07) is 5.61. The third-order valence-electron chi connectivity index (χ3n) is 4.08. The summed E-state index contributed by atoms with van der Waals surface area (Å²) in [5, 5.41) is 0. The van der Waals surface area contributed by atoms with Gasteiger partial charge in [0.1, 0.15) is 0 Å². The van der Waals surface area contributed by atoms with Crippen LogP contribution in [0.3, 0.4) is 0 Å². The van der Waals surface area contributed by atoms with Crippen LogP contribution in [0, 0.1) is 0 Å². The van der Waals surface area contributed by atoms with E-state index in [1.165, 1.54) is 24.3 Å². The van der Waals surface area contributed by atoms with Crippen molar-refractivity contribution in [3.63, 3.8) is 0 Å². The number of carbonyl (C=O) groups excluding carboxylic acids is 2. The molecular weight excluding hydrogens is 320 g/mol. The molecule has 0 spiro atoms. The van der Waals surface area contributed by atoms with E-state index in [1.807, 2.05) is 0 Å². The van der Waals surface area contributed by atoms with E-state index in [9.17, 15) is 18.0 Å². The number of rotatable bonds is 5. The summed E-state index contributed by atoms with van der Waals surface area (Å²) in [7, 11) is -3.78. The number of benzene rings is 1. The molecule has 0 unspecified atom stereocenters. The van der Waals surface area contributed by atoms with Gasteiger partial charge in [-0.15, -0.1) is 0 Å². The van der Waals surface area contributed by atoms with Crippen LogP contribution < -0.4 is 9.79 Å². The zero-order chi connectivity index (χ0) is 16.4. The quantitative estimate of drug-likeness (QED) is 0.648. The molecule has 0 radical (unpaired) electrons. The van der Waals surface area contributed by atoms with Crippen molar-refractivity contribution >= 4 is 27.5 Å². The Morgan fingerprint density at radius 1 is 1.00 bits per heavy atom. The second kappa shape index (κ2) is 6.38. The van der Waals surface area contributed by atoms with Crippen LogP contribution in [0.15, 0.2) is 29.2 Å². The molecule has 1 aliphatic heterocycles. The lowest BCUT2D eigenvalue weighted by atomic mass is 10.3. The summed E-state index contributed by atoms with van der Waals surface area (Å²) in [5.74, 6) is -0.540. The molecule has 1 aromatic carbocycles. The Morgan fingerprint density at radius 2 is 1.57 bits per heavy atom. The van der Waals surface area contributed by atoms with Gasteiger partial charge < -0.3 is 0 Å². The molecule has 0 atom stereocenters. The highest BCUT2D eigenvalue weighted by molar-refractivity contribution is 7.89. The molecule has 1 heterocycles. The minimum absolute atomic E-state index is 0.0262. The third kappa shape index (κ3) is 3.44. The number of imide groups is 1. The zero-order valence-corrected chi connectivity index (χ0v) is 13.3. The molecule has 2 fully saturated rings. The van der Waals surface area contributed by atoms with Crippen molar-refractivity contribution in [3.05, 3.63) is 24.3 Å². The summed E-state index contributed by atoms with van der Waals surface area (Å²) in [4.78, 5) is 31.8. The van der Waals surface area contributed by atoms with E-state index in [-0.39, 0.29) is 35.7 Å². The molecular formula is C15H18N2O5S. The molecule has 1 saturated heterocycles. The minimum atomic E-state index is -3.78. The van der Waals surface area contributed by atoms with E-state index in [4.69, 9.17) is 4.84 Å². The first-order valence-electron chi connectivity index (χ1n) is 7.61. The molecule has 1 saturated carbocycles. The summed E-state index contributed by atoms with van der Waals surface area (Å²) in [6.45, 7) is 0. The van der Waals surface area contributed by atoms with E-state index in [0.29, 0.717) is 5.69 Å². The molecule has 0 aromatic heterocycles. The van der Waals surface area contributed by atoms with Crippen LogP contribution >= 0.6 is 0 Å². The highest BCUT2D eigenvalue weighted by Gasteiger charge is 2.30.